The lowest BCUT2D eigenvalue weighted by Gasteiger charge is -2.49. The summed E-state index contributed by atoms with van der Waals surface area (Å²) in [4.78, 5) is 74.9. The number of ether oxygens (including phenoxy) is 3. The molecule has 2 aliphatic heterocycles. The Kier molecular flexibility index (Phi) is 8.74. The van der Waals surface area contributed by atoms with Crippen LogP contribution in [0.5, 0.6) is 0 Å². The molecule has 3 heterocycles. The molecular weight excluding hydrogens is 496 g/mol. The number of nitrogens with zero attached hydrogens (tertiary/aromatic N) is 2. The van der Waals surface area contributed by atoms with E-state index in [2.05, 4.69) is 10.6 Å². The lowest BCUT2D eigenvalue weighted by atomic mass is 10.0. The second kappa shape index (κ2) is 11.7. The monoisotopic (exact) mass is 522 g/mol. The predicted molar refractivity (Wildman–Crippen MR) is 124 cm³/mol. The smallest absolute Gasteiger partial charge is 0.356 e. The summed E-state index contributed by atoms with van der Waals surface area (Å²) in [6, 6.07) is 0.915. The zero-order valence-electron chi connectivity index (χ0n) is 19.8. The fourth-order valence-electron chi connectivity index (χ4n) is 3.58. The number of carbonyl (C=O) groups is 6. The number of thioether (sulfide) groups is 1. The SMILES string of the molecule is CCOC(=O)C(C(=O)NC1C(=O)N2C(C(=O)OCNC(C)=O)=C(COC(C)=O)CSC12)n1cccc1. The Morgan fingerprint density at radius 3 is 2.42 bits per heavy atom. The van der Waals surface area contributed by atoms with Gasteiger partial charge in [0.1, 0.15) is 23.7 Å². The minimum Gasteiger partial charge on any atom is -0.464 e. The molecule has 1 fully saturated rings. The molecule has 3 rings (SSSR count). The predicted octanol–water partition coefficient (Wildman–Crippen LogP) is -0.554. The van der Waals surface area contributed by atoms with E-state index in [1.54, 1.807) is 19.1 Å². The molecule has 1 aromatic rings. The molecule has 0 aromatic carbocycles. The van der Waals surface area contributed by atoms with Crippen LogP contribution in [0.4, 0.5) is 0 Å². The Labute approximate surface area is 210 Å². The maximum Gasteiger partial charge on any atom is 0.356 e. The van der Waals surface area contributed by atoms with Gasteiger partial charge in [0, 0.05) is 37.6 Å². The summed E-state index contributed by atoms with van der Waals surface area (Å²) in [7, 11) is 0. The third kappa shape index (κ3) is 5.87. The normalized spacial score (nSPS) is 19.4. The van der Waals surface area contributed by atoms with Crippen molar-refractivity contribution in [3.63, 3.8) is 0 Å². The Morgan fingerprint density at radius 2 is 1.81 bits per heavy atom. The number of amides is 3. The maximum atomic E-state index is 13.1. The van der Waals surface area contributed by atoms with Crippen LogP contribution in [-0.2, 0) is 43.0 Å². The highest BCUT2D eigenvalue weighted by molar-refractivity contribution is 8.00. The third-order valence-corrected chi connectivity index (χ3v) is 6.54. The minimum atomic E-state index is -1.34. The van der Waals surface area contributed by atoms with Gasteiger partial charge in [0.2, 0.25) is 11.9 Å². The molecule has 194 valence electrons. The van der Waals surface area contributed by atoms with Crippen LogP contribution < -0.4 is 10.6 Å². The molecule has 3 unspecified atom stereocenters. The van der Waals surface area contributed by atoms with E-state index < -0.39 is 59.8 Å². The first-order valence-corrected chi connectivity index (χ1v) is 12.0. The fourth-order valence-corrected chi connectivity index (χ4v) is 4.91. The van der Waals surface area contributed by atoms with Gasteiger partial charge in [-0.25, -0.2) is 9.59 Å². The van der Waals surface area contributed by atoms with E-state index in [0.717, 1.165) is 4.90 Å². The Bertz CT molecular complexity index is 1090. The Balaban J connectivity index is 1.79. The van der Waals surface area contributed by atoms with Crippen LogP contribution in [-0.4, -0.2) is 82.2 Å². The number of carbonyl (C=O) groups excluding carboxylic acids is 6. The molecule has 3 atom stereocenters. The number of hydrogen-bond acceptors (Lipinski definition) is 10. The van der Waals surface area contributed by atoms with Crippen molar-refractivity contribution in [1.29, 1.82) is 0 Å². The van der Waals surface area contributed by atoms with E-state index in [4.69, 9.17) is 14.2 Å². The highest BCUT2D eigenvalue weighted by Crippen LogP contribution is 2.41. The molecule has 13 nitrogen and oxygen atoms in total. The van der Waals surface area contributed by atoms with Crippen LogP contribution >= 0.6 is 11.8 Å². The summed E-state index contributed by atoms with van der Waals surface area (Å²) in [5.74, 6) is -3.82. The molecule has 14 heteroatoms. The minimum absolute atomic E-state index is 0.0678. The molecular formula is C22H26N4O9S. The first kappa shape index (κ1) is 26.8. The number of esters is 3. The molecule has 2 N–H and O–H groups in total. The Morgan fingerprint density at radius 1 is 1.11 bits per heavy atom. The van der Waals surface area contributed by atoms with Gasteiger partial charge in [-0.3, -0.25) is 24.1 Å². The molecule has 2 aliphatic rings. The van der Waals surface area contributed by atoms with E-state index in [0.29, 0.717) is 5.57 Å². The number of nitrogens with one attached hydrogen (secondary N) is 2. The lowest BCUT2D eigenvalue weighted by molar-refractivity contribution is -0.156. The van der Waals surface area contributed by atoms with Crippen molar-refractivity contribution < 1.29 is 43.0 Å². The summed E-state index contributed by atoms with van der Waals surface area (Å²) >= 11 is 1.25. The maximum absolute atomic E-state index is 13.1. The summed E-state index contributed by atoms with van der Waals surface area (Å²) in [5.41, 5.74) is 0.224. The van der Waals surface area contributed by atoms with Gasteiger partial charge < -0.3 is 29.4 Å². The van der Waals surface area contributed by atoms with Crippen molar-refractivity contribution in [3.8, 4) is 0 Å². The van der Waals surface area contributed by atoms with Gasteiger partial charge in [-0.1, -0.05) is 0 Å². The van der Waals surface area contributed by atoms with Crippen molar-refractivity contribution in [1.82, 2.24) is 20.1 Å². The van der Waals surface area contributed by atoms with E-state index in [-0.39, 0.29) is 24.7 Å². The van der Waals surface area contributed by atoms with Gasteiger partial charge >= 0.3 is 17.9 Å². The third-order valence-electron chi connectivity index (χ3n) is 5.20. The Hall–Kier alpha value is -3.81. The highest BCUT2D eigenvalue weighted by atomic mass is 32.2. The lowest BCUT2D eigenvalue weighted by Crippen LogP contribution is -2.71. The number of rotatable bonds is 10. The number of β-lactam (4-membered cyclic amide) rings is 1. The first-order valence-electron chi connectivity index (χ1n) is 11.0. The van der Waals surface area contributed by atoms with Gasteiger partial charge in [0.15, 0.2) is 6.73 Å². The molecule has 0 radical (unpaired) electrons. The largest absolute Gasteiger partial charge is 0.464 e. The molecule has 1 saturated heterocycles. The van der Waals surface area contributed by atoms with Crippen molar-refractivity contribution >= 4 is 47.4 Å². The van der Waals surface area contributed by atoms with E-state index in [1.165, 1.54) is 42.6 Å². The summed E-state index contributed by atoms with van der Waals surface area (Å²) in [5, 5.41) is 4.23. The van der Waals surface area contributed by atoms with Gasteiger partial charge in [-0.15, -0.1) is 11.8 Å². The second-order valence-electron chi connectivity index (χ2n) is 7.72. The fraction of sp³-hybridized carbons (Fsp3) is 0.455. The zero-order valence-corrected chi connectivity index (χ0v) is 20.7. The topological polar surface area (TPSA) is 162 Å². The van der Waals surface area contributed by atoms with Crippen LogP contribution in [0.25, 0.3) is 0 Å². The number of fused-ring (bicyclic) bond motifs is 1. The van der Waals surface area contributed by atoms with Gasteiger partial charge in [-0.2, -0.15) is 0 Å². The highest BCUT2D eigenvalue weighted by Gasteiger charge is 2.55. The van der Waals surface area contributed by atoms with E-state index >= 15 is 0 Å². The van der Waals surface area contributed by atoms with Crippen LogP contribution in [0.15, 0.2) is 35.8 Å². The van der Waals surface area contributed by atoms with Gasteiger partial charge in [0.25, 0.3) is 11.8 Å². The van der Waals surface area contributed by atoms with Crippen LogP contribution in [0, 0.1) is 0 Å². The van der Waals surface area contributed by atoms with Crippen LogP contribution in [0.1, 0.15) is 26.8 Å². The van der Waals surface area contributed by atoms with Gasteiger partial charge in [-0.05, 0) is 19.1 Å². The summed E-state index contributed by atoms with van der Waals surface area (Å²) in [6.07, 6.45) is 3.05. The van der Waals surface area contributed by atoms with Crippen molar-refractivity contribution in [2.75, 3.05) is 25.7 Å². The molecule has 1 aromatic heterocycles. The molecule has 0 spiro atoms. The van der Waals surface area contributed by atoms with E-state index in [1.807, 2.05) is 0 Å². The molecule has 0 bridgehead atoms. The van der Waals surface area contributed by atoms with Crippen molar-refractivity contribution in [3.05, 3.63) is 35.8 Å². The number of hydrogen-bond donors (Lipinski definition) is 2. The molecule has 36 heavy (non-hydrogen) atoms. The quantitative estimate of drug-likeness (QED) is 0.134. The van der Waals surface area contributed by atoms with Crippen LogP contribution in [0.2, 0.25) is 0 Å². The molecule has 0 saturated carbocycles. The zero-order chi connectivity index (χ0) is 26.4. The van der Waals surface area contributed by atoms with Crippen molar-refractivity contribution in [2.45, 2.75) is 38.2 Å². The molecule has 0 aliphatic carbocycles. The van der Waals surface area contributed by atoms with Gasteiger partial charge in [0.05, 0.1) is 6.61 Å². The second-order valence-corrected chi connectivity index (χ2v) is 8.83. The standard InChI is InChI=1S/C22H26N4O9S/c1-4-33-22(32)17(25-7-5-6-8-25)18(29)24-15-19(30)26-16(21(31)35-11-23-12(2)27)14(9-34-13(3)28)10-36-20(15)26/h5-8,15,17,20H,4,9-11H2,1-3H3,(H,23,27)(H,24,29). The van der Waals surface area contributed by atoms with Crippen molar-refractivity contribution in [2.24, 2.45) is 0 Å². The summed E-state index contributed by atoms with van der Waals surface area (Å²) < 4.78 is 16.5. The summed E-state index contributed by atoms with van der Waals surface area (Å²) in [6.45, 7) is 3.48. The average molecular weight is 523 g/mol. The van der Waals surface area contributed by atoms with E-state index in [9.17, 15) is 28.8 Å². The number of aromatic nitrogens is 1. The average Bonchev–Trinajstić information content (AvgIpc) is 3.34. The molecule has 3 amide bonds. The van der Waals surface area contributed by atoms with Crippen LogP contribution in [0.3, 0.4) is 0 Å². The first-order chi connectivity index (χ1) is 17.1.